The fourth-order valence-corrected chi connectivity index (χ4v) is 3.93. The molecule has 3 nitrogen and oxygen atoms in total. The molecule has 1 fully saturated rings. The van der Waals surface area contributed by atoms with Gasteiger partial charge in [-0.05, 0) is 25.1 Å². The Hall–Kier alpha value is -0.580. The lowest BCUT2D eigenvalue weighted by Gasteiger charge is -2.37. The van der Waals surface area contributed by atoms with Gasteiger partial charge >= 0.3 is 0 Å². The van der Waals surface area contributed by atoms with Gasteiger partial charge in [0.2, 0.25) is 0 Å². The van der Waals surface area contributed by atoms with Gasteiger partial charge in [0.05, 0.1) is 0 Å². The summed E-state index contributed by atoms with van der Waals surface area (Å²) in [5.74, 6) is 1.14. The average molecular weight is 251 g/mol. The maximum absolute atomic E-state index is 6.01. The first-order valence-electron chi connectivity index (χ1n) is 6.08. The fraction of sp³-hybridized carbons (Fsp3) is 0.615. The Morgan fingerprint density at radius 3 is 3.00 bits per heavy atom. The minimum absolute atomic E-state index is 0.167. The maximum atomic E-state index is 6.01. The van der Waals surface area contributed by atoms with E-state index in [0.29, 0.717) is 0 Å². The zero-order chi connectivity index (χ0) is 12.3. The molecule has 2 heterocycles. The molecule has 0 spiro atoms. The Morgan fingerprint density at radius 1 is 1.65 bits per heavy atom. The summed E-state index contributed by atoms with van der Waals surface area (Å²) in [5.41, 5.74) is 7.44. The normalized spacial score (nSPS) is 28.8. The Bertz CT molecular complexity index is 357. The molecule has 1 aliphatic heterocycles. The molecule has 1 aliphatic rings. The topological polar surface area (TPSA) is 42.1 Å². The minimum Gasteiger partial charge on any atom is -0.329 e. The van der Waals surface area contributed by atoms with E-state index < -0.39 is 0 Å². The van der Waals surface area contributed by atoms with Crippen LogP contribution in [0.4, 0.5) is 0 Å². The number of thioether (sulfide) groups is 1. The maximum Gasteiger partial charge on any atom is 0.0432 e. The van der Waals surface area contributed by atoms with E-state index in [2.05, 4.69) is 29.9 Å². The van der Waals surface area contributed by atoms with Gasteiger partial charge in [0.15, 0.2) is 0 Å². The van der Waals surface area contributed by atoms with Crippen LogP contribution in [0.15, 0.2) is 24.5 Å². The first-order valence-corrected chi connectivity index (χ1v) is 7.13. The summed E-state index contributed by atoms with van der Waals surface area (Å²) in [5, 5.41) is 0.717. The van der Waals surface area contributed by atoms with Crippen LogP contribution in [0, 0.1) is 0 Å². The highest BCUT2D eigenvalue weighted by Gasteiger charge is 2.40. The van der Waals surface area contributed by atoms with Crippen molar-refractivity contribution in [2.45, 2.75) is 30.7 Å². The predicted molar refractivity (Wildman–Crippen MR) is 74.0 cm³/mol. The molecule has 0 aromatic carbocycles. The molecule has 2 N–H and O–H groups in total. The van der Waals surface area contributed by atoms with Crippen LogP contribution >= 0.6 is 11.8 Å². The standard InChI is InChI=1S/C13H21N3S/c1-11-6-13(9-14,10-17-11)16(2)8-12-4-3-5-15-7-12/h3-5,7,11H,6,8-10,14H2,1-2H3. The van der Waals surface area contributed by atoms with Gasteiger partial charge in [-0.2, -0.15) is 11.8 Å². The van der Waals surface area contributed by atoms with Gasteiger partial charge < -0.3 is 5.73 Å². The second-order valence-electron chi connectivity index (χ2n) is 4.97. The van der Waals surface area contributed by atoms with Crippen LogP contribution in [-0.2, 0) is 6.54 Å². The third kappa shape index (κ3) is 2.81. The number of aromatic nitrogens is 1. The quantitative estimate of drug-likeness (QED) is 0.885. The second-order valence-corrected chi connectivity index (χ2v) is 6.40. The van der Waals surface area contributed by atoms with Crippen molar-refractivity contribution in [1.29, 1.82) is 0 Å². The average Bonchev–Trinajstić information content (AvgIpc) is 2.73. The van der Waals surface area contributed by atoms with Crippen molar-refractivity contribution in [3.8, 4) is 0 Å². The summed E-state index contributed by atoms with van der Waals surface area (Å²) in [6.45, 7) is 3.96. The van der Waals surface area contributed by atoms with Crippen LogP contribution in [0.2, 0.25) is 0 Å². The van der Waals surface area contributed by atoms with E-state index in [9.17, 15) is 0 Å². The molecule has 94 valence electrons. The molecule has 2 rings (SSSR count). The largest absolute Gasteiger partial charge is 0.329 e. The van der Waals surface area contributed by atoms with E-state index in [4.69, 9.17) is 5.73 Å². The van der Waals surface area contributed by atoms with E-state index in [-0.39, 0.29) is 5.54 Å². The predicted octanol–water partition coefficient (Wildman–Crippen LogP) is 1.74. The molecule has 0 aliphatic carbocycles. The number of rotatable bonds is 4. The molecule has 4 heteroatoms. The van der Waals surface area contributed by atoms with Gasteiger partial charge in [0.25, 0.3) is 0 Å². The van der Waals surface area contributed by atoms with Crippen molar-refractivity contribution in [3.63, 3.8) is 0 Å². The Morgan fingerprint density at radius 2 is 2.47 bits per heavy atom. The van der Waals surface area contributed by atoms with Crippen molar-refractivity contribution >= 4 is 11.8 Å². The molecule has 2 unspecified atom stereocenters. The third-order valence-electron chi connectivity index (χ3n) is 3.64. The summed E-state index contributed by atoms with van der Waals surface area (Å²) in [4.78, 5) is 6.57. The Labute approximate surface area is 108 Å². The van der Waals surface area contributed by atoms with Crippen LogP contribution < -0.4 is 5.73 Å². The highest BCUT2D eigenvalue weighted by atomic mass is 32.2. The van der Waals surface area contributed by atoms with Gasteiger partial charge in [0, 0.05) is 42.0 Å². The van der Waals surface area contributed by atoms with E-state index in [1.165, 1.54) is 12.0 Å². The zero-order valence-corrected chi connectivity index (χ0v) is 11.4. The third-order valence-corrected chi connectivity index (χ3v) is 5.08. The van der Waals surface area contributed by atoms with E-state index in [1.807, 2.05) is 30.2 Å². The molecule has 17 heavy (non-hydrogen) atoms. The molecule has 0 bridgehead atoms. The lowest BCUT2D eigenvalue weighted by atomic mass is 9.94. The monoisotopic (exact) mass is 251 g/mol. The van der Waals surface area contributed by atoms with Crippen molar-refractivity contribution in [1.82, 2.24) is 9.88 Å². The highest BCUT2D eigenvalue weighted by Crippen LogP contribution is 2.37. The van der Waals surface area contributed by atoms with Crippen LogP contribution in [0.5, 0.6) is 0 Å². The molecule has 1 aromatic rings. The van der Waals surface area contributed by atoms with Crippen molar-refractivity contribution in [3.05, 3.63) is 30.1 Å². The molecule has 0 saturated carbocycles. The number of likely N-dealkylation sites (N-methyl/N-ethyl adjacent to an activating group) is 1. The van der Waals surface area contributed by atoms with Crippen LogP contribution in [-0.4, -0.2) is 40.0 Å². The molecule has 1 saturated heterocycles. The SMILES string of the molecule is CC1CC(CN)(N(C)Cc2cccnc2)CS1. The summed E-state index contributed by atoms with van der Waals surface area (Å²) >= 11 is 2.03. The number of hydrogen-bond donors (Lipinski definition) is 1. The minimum atomic E-state index is 0.167. The lowest BCUT2D eigenvalue weighted by Crippen LogP contribution is -2.52. The molecular weight excluding hydrogens is 230 g/mol. The van der Waals surface area contributed by atoms with Crippen molar-refractivity contribution < 1.29 is 0 Å². The van der Waals surface area contributed by atoms with Crippen molar-refractivity contribution in [2.24, 2.45) is 5.73 Å². The summed E-state index contributed by atoms with van der Waals surface area (Å²) in [7, 11) is 2.18. The summed E-state index contributed by atoms with van der Waals surface area (Å²) in [6, 6.07) is 4.11. The number of pyridine rings is 1. The first-order chi connectivity index (χ1) is 8.16. The Kier molecular flexibility index (Phi) is 4.07. The summed E-state index contributed by atoms with van der Waals surface area (Å²) in [6.07, 6.45) is 4.94. The molecular formula is C13H21N3S. The van der Waals surface area contributed by atoms with Gasteiger partial charge in [-0.15, -0.1) is 0 Å². The zero-order valence-electron chi connectivity index (χ0n) is 10.6. The fourth-order valence-electron chi connectivity index (χ4n) is 2.45. The van der Waals surface area contributed by atoms with Gasteiger partial charge in [-0.3, -0.25) is 9.88 Å². The highest BCUT2D eigenvalue weighted by molar-refractivity contribution is 8.00. The summed E-state index contributed by atoms with van der Waals surface area (Å²) < 4.78 is 0. The smallest absolute Gasteiger partial charge is 0.0432 e. The Balaban J connectivity index is 2.06. The van der Waals surface area contributed by atoms with Crippen LogP contribution in [0.25, 0.3) is 0 Å². The van der Waals surface area contributed by atoms with Gasteiger partial charge in [-0.25, -0.2) is 0 Å². The van der Waals surface area contributed by atoms with Gasteiger partial charge in [0.1, 0.15) is 0 Å². The second kappa shape index (κ2) is 5.38. The van der Waals surface area contributed by atoms with Crippen LogP contribution in [0.3, 0.4) is 0 Å². The van der Waals surface area contributed by atoms with Crippen LogP contribution in [0.1, 0.15) is 18.9 Å². The lowest BCUT2D eigenvalue weighted by molar-refractivity contribution is 0.138. The number of hydrogen-bond acceptors (Lipinski definition) is 4. The van der Waals surface area contributed by atoms with E-state index >= 15 is 0 Å². The first kappa shape index (κ1) is 12.9. The molecule has 0 amide bonds. The molecule has 2 atom stereocenters. The van der Waals surface area contributed by atoms with E-state index in [1.54, 1.807) is 0 Å². The van der Waals surface area contributed by atoms with Crippen molar-refractivity contribution in [2.75, 3.05) is 19.3 Å². The number of nitrogens with two attached hydrogens (primary N) is 1. The van der Waals surface area contributed by atoms with Gasteiger partial charge in [-0.1, -0.05) is 13.0 Å². The molecule has 0 radical (unpaired) electrons. The number of nitrogens with zero attached hydrogens (tertiary/aromatic N) is 2. The van der Waals surface area contributed by atoms with E-state index in [0.717, 1.165) is 24.1 Å². The molecule has 1 aromatic heterocycles.